The monoisotopic (exact) mass is 317 g/mol. The average molecular weight is 317 g/mol. The fraction of sp³-hybridized carbons (Fsp3) is 0.375. The molecule has 0 bridgehead atoms. The maximum Gasteiger partial charge on any atom is 0.232 e. The zero-order chi connectivity index (χ0) is 16.2. The maximum atomic E-state index is 5.61. The minimum atomic E-state index is 0.459. The first-order valence-corrected chi connectivity index (χ1v) is 7.26. The van der Waals surface area contributed by atoms with Gasteiger partial charge in [-0.3, -0.25) is 0 Å². The summed E-state index contributed by atoms with van der Waals surface area (Å²) in [6.45, 7) is 1.78. The molecule has 0 N–H and O–H groups in total. The van der Waals surface area contributed by atoms with Gasteiger partial charge in [0.2, 0.25) is 17.7 Å². The van der Waals surface area contributed by atoms with Gasteiger partial charge in [-0.15, -0.1) is 0 Å². The van der Waals surface area contributed by atoms with E-state index in [1.54, 1.807) is 20.3 Å². The third kappa shape index (κ3) is 3.39. The molecule has 1 aromatic carbocycles. The molecule has 0 radical (unpaired) electrons. The second-order valence-corrected chi connectivity index (χ2v) is 5.09. The number of hydrogen-bond acceptors (Lipinski definition) is 7. The molecule has 3 rings (SSSR count). The van der Waals surface area contributed by atoms with Crippen molar-refractivity contribution in [1.29, 1.82) is 0 Å². The van der Waals surface area contributed by atoms with Crippen LogP contribution in [-0.2, 0) is 6.54 Å². The van der Waals surface area contributed by atoms with Crippen LogP contribution in [0, 0.1) is 0 Å². The van der Waals surface area contributed by atoms with Crippen molar-refractivity contribution in [2.24, 2.45) is 0 Å². The van der Waals surface area contributed by atoms with Gasteiger partial charge in [0.05, 0.1) is 20.3 Å². The summed E-state index contributed by atoms with van der Waals surface area (Å²) in [4.78, 5) is 10.6. The average Bonchev–Trinajstić information content (AvgIpc) is 2.61. The zero-order valence-electron chi connectivity index (χ0n) is 13.4. The van der Waals surface area contributed by atoms with Crippen LogP contribution in [0.25, 0.3) is 0 Å². The number of methoxy groups -OCH3 is 2. The summed E-state index contributed by atoms with van der Waals surface area (Å²) in [5, 5.41) is 0. The van der Waals surface area contributed by atoms with Crippen molar-refractivity contribution in [3.63, 3.8) is 0 Å². The number of fused-ring (bicyclic) bond motifs is 1. The lowest BCUT2D eigenvalue weighted by Gasteiger charge is -2.21. The van der Waals surface area contributed by atoms with Crippen LogP contribution in [-0.4, -0.2) is 44.4 Å². The van der Waals surface area contributed by atoms with Gasteiger partial charge in [-0.1, -0.05) is 6.07 Å². The third-order valence-corrected chi connectivity index (χ3v) is 3.45. The first-order chi connectivity index (χ1) is 11.2. The van der Waals surface area contributed by atoms with Crippen molar-refractivity contribution in [3.8, 4) is 23.3 Å². The summed E-state index contributed by atoms with van der Waals surface area (Å²) in [6.07, 6.45) is 0. The summed E-state index contributed by atoms with van der Waals surface area (Å²) in [7, 11) is 5.03. The molecule has 7 nitrogen and oxygen atoms in total. The number of rotatable bonds is 5. The van der Waals surface area contributed by atoms with Crippen LogP contribution >= 0.6 is 0 Å². The van der Waals surface area contributed by atoms with E-state index in [2.05, 4.69) is 9.97 Å². The molecule has 0 aliphatic carbocycles. The summed E-state index contributed by atoms with van der Waals surface area (Å²) in [5.41, 5.74) is 1.07. The molecule has 0 fully saturated rings. The Morgan fingerprint density at radius 2 is 1.65 bits per heavy atom. The van der Waals surface area contributed by atoms with E-state index in [1.165, 1.54) is 0 Å². The van der Waals surface area contributed by atoms with Gasteiger partial charge in [-0.25, -0.2) is 0 Å². The van der Waals surface area contributed by atoms with E-state index in [9.17, 15) is 0 Å². The Bertz CT molecular complexity index is 671. The van der Waals surface area contributed by atoms with Crippen molar-refractivity contribution >= 4 is 5.95 Å². The maximum absolute atomic E-state index is 5.61. The van der Waals surface area contributed by atoms with Crippen LogP contribution in [0.4, 0.5) is 5.95 Å². The Morgan fingerprint density at radius 3 is 2.30 bits per heavy atom. The van der Waals surface area contributed by atoms with Gasteiger partial charge in [-0.2, -0.15) is 9.97 Å². The molecule has 0 amide bonds. The van der Waals surface area contributed by atoms with Crippen LogP contribution in [0.3, 0.4) is 0 Å². The number of anilines is 1. The van der Waals surface area contributed by atoms with Crippen molar-refractivity contribution < 1.29 is 18.9 Å². The second-order valence-electron chi connectivity index (χ2n) is 5.09. The molecule has 0 unspecified atom stereocenters. The number of nitrogens with zero attached hydrogens (tertiary/aromatic N) is 3. The lowest BCUT2D eigenvalue weighted by atomic mass is 10.2. The van der Waals surface area contributed by atoms with Crippen LogP contribution in [0.1, 0.15) is 5.56 Å². The highest BCUT2D eigenvalue weighted by Gasteiger charge is 2.14. The number of hydrogen-bond donors (Lipinski definition) is 0. The second kappa shape index (κ2) is 6.60. The Kier molecular flexibility index (Phi) is 4.36. The summed E-state index contributed by atoms with van der Waals surface area (Å²) >= 11 is 0. The van der Waals surface area contributed by atoms with Crippen molar-refractivity contribution in [2.45, 2.75) is 6.54 Å². The lowest BCUT2D eigenvalue weighted by Crippen LogP contribution is -2.20. The predicted molar refractivity (Wildman–Crippen MR) is 84.7 cm³/mol. The SMILES string of the molecule is COc1cc(OC)nc(N(C)Cc2ccc3c(c2)OCCO3)n1. The highest BCUT2D eigenvalue weighted by Crippen LogP contribution is 2.31. The molecule has 0 saturated carbocycles. The van der Waals surface area contributed by atoms with E-state index < -0.39 is 0 Å². The highest BCUT2D eigenvalue weighted by molar-refractivity contribution is 5.45. The fourth-order valence-electron chi connectivity index (χ4n) is 2.30. The van der Waals surface area contributed by atoms with Gasteiger partial charge in [0.15, 0.2) is 11.5 Å². The molecule has 1 aromatic heterocycles. The Labute approximate surface area is 134 Å². The summed E-state index contributed by atoms with van der Waals surface area (Å²) in [6, 6.07) is 7.54. The van der Waals surface area contributed by atoms with E-state index in [-0.39, 0.29) is 0 Å². The molecule has 0 atom stereocenters. The van der Waals surface area contributed by atoms with Crippen molar-refractivity contribution in [2.75, 3.05) is 39.4 Å². The first-order valence-electron chi connectivity index (χ1n) is 7.26. The molecule has 0 saturated heterocycles. The normalized spacial score (nSPS) is 12.7. The van der Waals surface area contributed by atoms with E-state index in [4.69, 9.17) is 18.9 Å². The topological polar surface area (TPSA) is 65.9 Å². The summed E-state index contributed by atoms with van der Waals surface area (Å²) < 4.78 is 21.5. The predicted octanol–water partition coefficient (Wildman–Crippen LogP) is 1.90. The molecule has 0 spiro atoms. The van der Waals surface area contributed by atoms with Crippen molar-refractivity contribution in [1.82, 2.24) is 9.97 Å². The molecule has 2 heterocycles. The van der Waals surface area contributed by atoms with Gasteiger partial charge in [-0.05, 0) is 17.7 Å². The Balaban J connectivity index is 1.80. The highest BCUT2D eigenvalue weighted by atomic mass is 16.6. The number of ether oxygens (including phenoxy) is 4. The molecule has 1 aliphatic rings. The summed E-state index contributed by atoms with van der Waals surface area (Å²) in [5.74, 6) is 2.99. The van der Waals surface area contributed by atoms with Gasteiger partial charge >= 0.3 is 0 Å². The largest absolute Gasteiger partial charge is 0.486 e. The lowest BCUT2D eigenvalue weighted by molar-refractivity contribution is 0.171. The van der Waals surface area contributed by atoms with Crippen LogP contribution < -0.4 is 23.8 Å². The minimum absolute atomic E-state index is 0.459. The zero-order valence-corrected chi connectivity index (χ0v) is 13.4. The van der Waals surface area contributed by atoms with Gasteiger partial charge < -0.3 is 23.8 Å². The molecule has 23 heavy (non-hydrogen) atoms. The van der Waals surface area contributed by atoms with E-state index in [0.717, 1.165) is 17.1 Å². The van der Waals surface area contributed by atoms with E-state index in [1.807, 2.05) is 30.1 Å². The molecular weight excluding hydrogens is 298 g/mol. The number of benzene rings is 1. The third-order valence-electron chi connectivity index (χ3n) is 3.45. The first kappa shape index (κ1) is 15.2. The van der Waals surface area contributed by atoms with E-state index >= 15 is 0 Å². The quantitative estimate of drug-likeness (QED) is 0.834. The van der Waals surface area contributed by atoms with Crippen LogP contribution in [0.2, 0.25) is 0 Å². The van der Waals surface area contributed by atoms with Gasteiger partial charge in [0, 0.05) is 13.6 Å². The number of aromatic nitrogens is 2. The molecule has 122 valence electrons. The van der Waals surface area contributed by atoms with Gasteiger partial charge in [0.25, 0.3) is 0 Å². The smallest absolute Gasteiger partial charge is 0.232 e. The standard InChI is InChI=1S/C16H19N3O4/c1-19(16-17-14(20-2)9-15(18-16)21-3)10-11-4-5-12-13(8-11)23-7-6-22-12/h4-5,8-9H,6-7,10H2,1-3H3. The molecule has 2 aromatic rings. The van der Waals surface area contributed by atoms with Gasteiger partial charge in [0.1, 0.15) is 13.2 Å². The van der Waals surface area contributed by atoms with Crippen LogP contribution in [0.5, 0.6) is 23.3 Å². The van der Waals surface area contributed by atoms with Crippen LogP contribution in [0.15, 0.2) is 24.3 Å². The molecular formula is C16H19N3O4. The minimum Gasteiger partial charge on any atom is -0.486 e. The Hall–Kier alpha value is -2.70. The fourth-order valence-corrected chi connectivity index (χ4v) is 2.30. The molecule has 7 heteroatoms. The van der Waals surface area contributed by atoms with Crippen molar-refractivity contribution in [3.05, 3.63) is 29.8 Å². The molecule has 1 aliphatic heterocycles. The Morgan fingerprint density at radius 1 is 1.00 bits per heavy atom. The van der Waals surface area contributed by atoms with E-state index in [0.29, 0.717) is 37.5 Å².